The van der Waals surface area contributed by atoms with E-state index in [0.717, 1.165) is 27.0 Å². The molecule has 5 rings (SSSR count). The molecule has 0 saturated carbocycles. The summed E-state index contributed by atoms with van der Waals surface area (Å²) in [6.45, 7) is 6.83. The van der Waals surface area contributed by atoms with Gasteiger partial charge < -0.3 is 9.47 Å². The Balaban J connectivity index is 1.53. The predicted molar refractivity (Wildman–Crippen MR) is 152 cm³/mol. The largest absolute Gasteiger partial charge is 0.488 e. The fourth-order valence-corrected chi connectivity index (χ4v) is 7.92. The lowest BCUT2D eigenvalue weighted by molar-refractivity contribution is -0.140. The molecular formula is C27H30ClN5O5S2. The van der Waals surface area contributed by atoms with Gasteiger partial charge in [-0.1, -0.05) is 29.8 Å². The van der Waals surface area contributed by atoms with Crippen molar-refractivity contribution in [2.24, 2.45) is 0 Å². The van der Waals surface area contributed by atoms with Gasteiger partial charge in [0.2, 0.25) is 10.0 Å². The van der Waals surface area contributed by atoms with E-state index < -0.39 is 10.0 Å². The maximum absolute atomic E-state index is 13.6. The zero-order chi connectivity index (χ0) is 28.6. The van der Waals surface area contributed by atoms with Crippen LogP contribution in [-0.4, -0.2) is 58.4 Å². The van der Waals surface area contributed by atoms with Crippen LogP contribution in [-0.2, 0) is 32.6 Å². The number of benzene rings is 1. The van der Waals surface area contributed by atoms with Crippen LogP contribution in [0.4, 0.5) is 0 Å². The van der Waals surface area contributed by atoms with Crippen LogP contribution in [0.15, 0.2) is 41.6 Å². The number of fused-ring (bicyclic) bond motifs is 2. The summed E-state index contributed by atoms with van der Waals surface area (Å²) in [6.07, 6.45) is 3.22. The number of hydrogen-bond donors (Lipinski definition) is 0. The van der Waals surface area contributed by atoms with Crippen molar-refractivity contribution in [3.05, 3.63) is 62.6 Å². The van der Waals surface area contributed by atoms with Crippen molar-refractivity contribution in [1.82, 2.24) is 24.3 Å². The lowest BCUT2D eigenvalue weighted by Crippen LogP contribution is -2.36. The number of halogens is 1. The normalized spacial score (nSPS) is 17.7. The third-order valence-electron chi connectivity index (χ3n) is 7.24. The molecular weight excluding hydrogens is 574 g/mol. The van der Waals surface area contributed by atoms with E-state index in [0.29, 0.717) is 28.6 Å². The maximum atomic E-state index is 13.6. The van der Waals surface area contributed by atoms with Gasteiger partial charge >= 0.3 is 5.97 Å². The van der Waals surface area contributed by atoms with Gasteiger partial charge in [-0.3, -0.25) is 9.78 Å². The lowest BCUT2D eigenvalue weighted by atomic mass is 9.89. The van der Waals surface area contributed by atoms with Crippen molar-refractivity contribution in [2.75, 3.05) is 13.7 Å². The molecule has 4 heterocycles. The summed E-state index contributed by atoms with van der Waals surface area (Å²) < 4.78 is 42.0. The summed E-state index contributed by atoms with van der Waals surface area (Å²) in [5.74, 6) is -0.433. The highest BCUT2D eigenvalue weighted by molar-refractivity contribution is 7.89. The van der Waals surface area contributed by atoms with Gasteiger partial charge in [0.05, 0.1) is 36.1 Å². The molecule has 0 bridgehead atoms. The molecule has 4 aromatic rings. The van der Waals surface area contributed by atoms with Crippen LogP contribution in [0.1, 0.15) is 54.2 Å². The first-order valence-electron chi connectivity index (χ1n) is 13.0. The summed E-state index contributed by atoms with van der Waals surface area (Å²) >= 11 is 8.07. The second-order valence-corrected chi connectivity index (χ2v) is 13.2. The number of thiophene rings is 1. The molecule has 0 amide bonds. The molecule has 0 unspecified atom stereocenters. The SMILES string of the molecule is CC[C@@H]1CN(Cc2cc([C@@H](CC(=O)OC)c3ccc4c(nnn4CC)c3C)sc2Cl)S(=O)(=O)c2cnccc2O1. The van der Waals surface area contributed by atoms with E-state index in [2.05, 4.69) is 15.3 Å². The monoisotopic (exact) mass is 603 g/mol. The Bertz CT molecular complexity index is 1670. The van der Waals surface area contributed by atoms with E-state index in [4.69, 9.17) is 21.1 Å². The number of sulfonamides is 1. The first-order valence-corrected chi connectivity index (χ1v) is 15.6. The minimum Gasteiger partial charge on any atom is -0.488 e. The van der Waals surface area contributed by atoms with Gasteiger partial charge in [0.25, 0.3) is 0 Å². The van der Waals surface area contributed by atoms with Crippen LogP contribution in [0.25, 0.3) is 11.0 Å². The van der Waals surface area contributed by atoms with Crippen LogP contribution in [0, 0.1) is 6.92 Å². The minimum atomic E-state index is -3.89. The number of rotatable bonds is 8. The number of carbonyl (C=O) groups excluding carboxylic acids is 1. The van der Waals surface area contributed by atoms with E-state index in [1.165, 1.54) is 35.1 Å². The van der Waals surface area contributed by atoms with Gasteiger partial charge in [-0.25, -0.2) is 13.1 Å². The smallest absolute Gasteiger partial charge is 0.306 e. The second kappa shape index (κ2) is 11.4. The summed E-state index contributed by atoms with van der Waals surface area (Å²) in [5, 5.41) is 8.61. The van der Waals surface area contributed by atoms with E-state index in [-0.39, 0.29) is 42.4 Å². The third-order valence-corrected chi connectivity index (χ3v) is 10.6. The number of pyridine rings is 1. The molecule has 0 fully saturated rings. The molecule has 212 valence electrons. The van der Waals surface area contributed by atoms with Gasteiger partial charge in [-0.15, -0.1) is 16.4 Å². The van der Waals surface area contributed by atoms with E-state index in [1.54, 1.807) is 6.07 Å². The first kappa shape index (κ1) is 28.5. The molecule has 1 aromatic carbocycles. The first-order chi connectivity index (χ1) is 19.2. The average molecular weight is 604 g/mol. The average Bonchev–Trinajstić information content (AvgIpc) is 3.51. The maximum Gasteiger partial charge on any atom is 0.306 e. The molecule has 0 saturated heterocycles. The topological polar surface area (TPSA) is 117 Å². The third kappa shape index (κ3) is 5.20. The van der Waals surface area contributed by atoms with Gasteiger partial charge in [0.15, 0.2) is 0 Å². The number of esters is 1. The van der Waals surface area contributed by atoms with E-state index in [9.17, 15) is 13.2 Å². The van der Waals surface area contributed by atoms with Crippen molar-refractivity contribution >= 4 is 50.0 Å². The molecule has 1 aliphatic rings. The summed E-state index contributed by atoms with van der Waals surface area (Å²) in [7, 11) is -2.54. The Labute approximate surface area is 241 Å². The molecule has 10 nitrogen and oxygen atoms in total. The van der Waals surface area contributed by atoms with Gasteiger partial charge in [0, 0.05) is 30.1 Å². The van der Waals surface area contributed by atoms with Crippen LogP contribution < -0.4 is 4.74 Å². The number of carbonyl (C=O) groups is 1. The van der Waals surface area contributed by atoms with Crippen LogP contribution >= 0.6 is 22.9 Å². The van der Waals surface area contributed by atoms with Crippen LogP contribution in [0.3, 0.4) is 0 Å². The number of hydrogen-bond acceptors (Lipinski definition) is 9. The van der Waals surface area contributed by atoms with Gasteiger partial charge in [-0.2, -0.15) is 4.31 Å². The molecule has 2 atom stereocenters. The Morgan fingerprint density at radius 2 is 2.10 bits per heavy atom. The lowest BCUT2D eigenvalue weighted by Gasteiger charge is -2.22. The Hall–Kier alpha value is -3.06. The van der Waals surface area contributed by atoms with E-state index in [1.807, 2.05) is 43.7 Å². The summed E-state index contributed by atoms with van der Waals surface area (Å²) in [5.41, 5.74) is 4.16. The number of aryl methyl sites for hydroxylation is 2. The molecule has 40 heavy (non-hydrogen) atoms. The van der Waals surface area contributed by atoms with Crippen molar-refractivity contribution in [3.8, 4) is 5.75 Å². The molecule has 0 spiro atoms. The number of nitrogens with zero attached hydrogens (tertiary/aromatic N) is 5. The Kier molecular flexibility index (Phi) is 8.14. The number of ether oxygens (including phenoxy) is 2. The highest BCUT2D eigenvalue weighted by atomic mass is 35.5. The predicted octanol–water partition coefficient (Wildman–Crippen LogP) is 4.93. The minimum absolute atomic E-state index is 0.0325. The zero-order valence-corrected chi connectivity index (χ0v) is 25.0. The van der Waals surface area contributed by atoms with Crippen molar-refractivity contribution < 1.29 is 22.7 Å². The van der Waals surface area contributed by atoms with Gasteiger partial charge in [0.1, 0.15) is 22.3 Å². The Morgan fingerprint density at radius 1 is 1.30 bits per heavy atom. The second-order valence-electron chi connectivity index (χ2n) is 9.60. The van der Waals surface area contributed by atoms with Crippen LogP contribution in [0.5, 0.6) is 5.75 Å². The highest BCUT2D eigenvalue weighted by Crippen LogP contribution is 2.41. The zero-order valence-electron chi connectivity index (χ0n) is 22.6. The molecule has 0 radical (unpaired) electrons. The molecule has 0 aliphatic carbocycles. The van der Waals surface area contributed by atoms with E-state index >= 15 is 0 Å². The van der Waals surface area contributed by atoms with Crippen molar-refractivity contribution in [1.29, 1.82) is 0 Å². The summed E-state index contributed by atoms with van der Waals surface area (Å²) in [6, 6.07) is 7.41. The molecule has 3 aromatic heterocycles. The quantitative estimate of drug-likeness (QED) is 0.260. The fraction of sp³-hybridized carbons (Fsp3) is 0.407. The van der Waals surface area contributed by atoms with Gasteiger partial charge in [-0.05, 0) is 55.2 Å². The summed E-state index contributed by atoms with van der Waals surface area (Å²) in [4.78, 5) is 17.4. The number of methoxy groups -OCH3 is 1. The molecule has 0 N–H and O–H groups in total. The number of aromatic nitrogens is 4. The fourth-order valence-electron chi connectivity index (χ4n) is 5.01. The molecule has 13 heteroatoms. The van der Waals surface area contributed by atoms with Crippen molar-refractivity contribution in [3.63, 3.8) is 0 Å². The van der Waals surface area contributed by atoms with Crippen molar-refractivity contribution in [2.45, 2.75) is 63.6 Å². The highest BCUT2D eigenvalue weighted by Gasteiger charge is 2.35. The molecule has 1 aliphatic heterocycles. The standard InChI is InChI=1S/C27H30ClN5O5S2/c1-5-18-15-32(40(35,36)24-13-29-10-9-22(24)38-18)14-17-11-23(39-27(17)28)20(12-25(34)37-4)19-7-8-21-26(16(19)3)30-31-33(21)6-2/h7-11,13,18,20H,5-6,12,14-15H2,1-4H3/t18-,20+/m1/s1. The van der Waals surface area contributed by atoms with Crippen LogP contribution in [0.2, 0.25) is 4.34 Å². The Morgan fingerprint density at radius 3 is 2.83 bits per heavy atom.